The molecule has 0 bridgehead atoms. The van der Waals surface area contributed by atoms with Gasteiger partial charge < -0.3 is 5.32 Å². The minimum absolute atomic E-state index is 0.151. The number of hydrogen-bond donors (Lipinski definition) is 2. The molecule has 2 rings (SSSR count). The first-order chi connectivity index (χ1) is 11.6. The second-order valence-corrected chi connectivity index (χ2v) is 9.28. The monoisotopic (exact) mass is 442 g/mol. The van der Waals surface area contributed by atoms with E-state index in [0.29, 0.717) is 11.4 Å². The molecule has 5 nitrogen and oxygen atoms in total. The maximum atomic E-state index is 12.2. The van der Waals surface area contributed by atoms with Crippen LogP contribution >= 0.6 is 27.7 Å². The molecule has 0 saturated carbocycles. The number of nitrogens with one attached hydrogen (secondary N) is 2. The van der Waals surface area contributed by atoms with Gasteiger partial charge in [0.25, 0.3) is 0 Å². The quantitative estimate of drug-likeness (QED) is 0.658. The Morgan fingerprint density at radius 2 is 1.80 bits per heavy atom. The van der Waals surface area contributed by atoms with Crippen LogP contribution in [0.5, 0.6) is 0 Å². The average molecular weight is 443 g/mol. The van der Waals surface area contributed by atoms with Crippen molar-refractivity contribution in [3.05, 3.63) is 52.0 Å². The number of halogens is 1. The second kappa shape index (κ2) is 8.25. The van der Waals surface area contributed by atoms with Crippen LogP contribution in [0.25, 0.3) is 0 Å². The summed E-state index contributed by atoms with van der Waals surface area (Å²) < 4.78 is 26.0. The molecule has 25 heavy (non-hydrogen) atoms. The number of benzene rings is 2. The Labute approximate surface area is 160 Å². The molecule has 2 aromatic carbocycles. The SMILES string of the molecule is Cc1cc(SCC(=O)Nc2cccc(NS(C)(=O)=O)c2)c(C)cc1Br. The Morgan fingerprint density at radius 1 is 1.12 bits per heavy atom. The van der Waals surface area contributed by atoms with Gasteiger partial charge in [-0.25, -0.2) is 8.42 Å². The Balaban J connectivity index is 1.99. The number of amides is 1. The van der Waals surface area contributed by atoms with Crippen molar-refractivity contribution in [2.75, 3.05) is 22.0 Å². The molecular weight excluding hydrogens is 424 g/mol. The predicted octanol–water partition coefficient (Wildman–Crippen LogP) is 4.17. The van der Waals surface area contributed by atoms with Crippen molar-refractivity contribution >= 4 is 55.0 Å². The normalized spacial score (nSPS) is 11.2. The molecule has 2 aromatic rings. The van der Waals surface area contributed by atoms with Crippen LogP contribution in [0.1, 0.15) is 11.1 Å². The lowest BCUT2D eigenvalue weighted by Crippen LogP contribution is -2.15. The van der Waals surface area contributed by atoms with Gasteiger partial charge in [-0.1, -0.05) is 22.0 Å². The summed E-state index contributed by atoms with van der Waals surface area (Å²) in [5.41, 5.74) is 3.18. The van der Waals surface area contributed by atoms with Gasteiger partial charge in [-0.2, -0.15) is 0 Å². The van der Waals surface area contributed by atoms with Crippen molar-refractivity contribution in [3.63, 3.8) is 0 Å². The van der Waals surface area contributed by atoms with Gasteiger partial charge in [0, 0.05) is 15.1 Å². The zero-order chi connectivity index (χ0) is 18.6. The van der Waals surface area contributed by atoms with Crippen molar-refractivity contribution < 1.29 is 13.2 Å². The van der Waals surface area contributed by atoms with Crippen LogP contribution in [-0.2, 0) is 14.8 Å². The molecule has 0 aliphatic heterocycles. The number of anilines is 2. The van der Waals surface area contributed by atoms with Gasteiger partial charge in [0.2, 0.25) is 15.9 Å². The zero-order valence-electron chi connectivity index (χ0n) is 14.1. The van der Waals surface area contributed by atoms with Crippen LogP contribution in [0.2, 0.25) is 0 Å². The molecule has 0 spiro atoms. The Morgan fingerprint density at radius 3 is 2.48 bits per heavy atom. The highest BCUT2D eigenvalue weighted by atomic mass is 79.9. The smallest absolute Gasteiger partial charge is 0.234 e. The van der Waals surface area contributed by atoms with Crippen LogP contribution in [0.3, 0.4) is 0 Å². The molecule has 0 aromatic heterocycles. The third-order valence-electron chi connectivity index (χ3n) is 3.26. The number of carbonyl (C=O) groups excluding carboxylic acids is 1. The first kappa shape index (κ1) is 19.8. The summed E-state index contributed by atoms with van der Waals surface area (Å²) in [6.45, 7) is 4.01. The molecule has 0 heterocycles. The van der Waals surface area contributed by atoms with Gasteiger partial charge >= 0.3 is 0 Å². The van der Waals surface area contributed by atoms with Crippen molar-refractivity contribution in [2.45, 2.75) is 18.7 Å². The molecule has 0 aliphatic carbocycles. The Hall–Kier alpha value is -1.51. The number of thioether (sulfide) groups is 1. The van der Waals surface area contributed by atoms with Gasteiger partial charge in [0.1, 0.15) is 0 Å². The van der Waals surface area contributed by atoms with Gasteiger partial charge in [-0.3, -0.25) is 9.52 Å². The van der Waals surface area contributed by atoms with Crippen LogP contribution in [0.4, 0.5) is 11.4 Å². The number of aryl methyl sites for hydroxylation is 2. The van der Waals surface area contributed by atoms with Crippen LogP contribution < -0.4 is 10.0 Å². The fourth-order valence-electron chi connectivity index (χ4n) is 2.12. The van der Waals surface area contributed by atoms with E-state index in [9.17, 15) is 13.2 Å². The Bertz CT molecular complexity index is 899. The van der Waals surface area contributed by atoms with Gasteiger partial charge in [-0.15, -0.1) is 11.8 Å². The van der Waals surface area contributed by atoms with E-state index in [-0.39, 0.29) is 11.7 Å². The summed E-state index contributed by atoms with van der Waals surface area (Å²) in [6.07, 6.45) is 1.08. The van der Waals surface area contributed by atoms with Crippen LogP contribution in [0.15, 0.2) is 45.8 Å². The highest BCUT2D eigenvalue weighted by Gasteiger charge is 2.09. The first-order valence-electron chi connectivity index (χ1n) is 7.41. The van der Waals surface area contributed by atoms with Crippen LogP contribution in [-0.4, -0.2) is 26.3 Å². The third-order valence-corrected chi connectivity index (χ3v) is 5.88. The molecule has 0 fully saturated rings. The fourth-order valence-corrected chi connectivity index (χ4v) is 4.04. The van der Waals surface area contributed by atoms with Gasteiger partial charge in [0.15, 0.2) is 0 Å². The molecule has 2 N–H and O–H groups in total. The second-order valence-electron chi connectivity index (χ2n) is 5.66. The number of rotatable bonds is 6. The van der Waals surface area contributed by atoms with E-state index in [1.54, 1.807) is 24.3 Å². The first-order valence-corrected chi connectivity index (χ1v) is 11.1. The number of sulfonamides is 1. The predicted molar refractivity (Wildman–Crippen MR) is 108 cm³/mol. The van der Waals surface area contributed by atoms with E-state index >= 15 is 0 Å². The molecule has 0 atom stereocenters. The van der Waals surface area contributed by atoms with E-state index in [0.717, 1.165) is 26.8 Å². The highest BCUT2D eigenvalue weighted by molar-refractivity contribution is 9.10. The van der Waals surface area contributed by atoms with Crippen molar-refractivity contribution in [1.29, 1.82) is 0 Å². The van der Waals surface area contributed by atoms with Crippen LogP contribution in [0, 0.1) is 13.8 Å². The number of carbonyl (C=O) groups is 1. The maximum absolute atomic E-state index is 12.2. The van der Waals surface area contributed by atoms with Gasteiger partial charge in [-0.05, 0) is 55.3 Å². The third kappa shape index (κ3) is 6.37. The Kier molecular flexibility index (Phi) is 6.53. The average Bonchev–Trinajstić information content (AvgIpc) is 2.48. The van der Waals surface area contributed by atoms with E-state index in [2.05, 4.69) is 26.0 Å². The maximum Gasteiger partial charge on any atom is 0.234 e. The summed E-state index contributed by atoms with van der Waals surface area (Å²) in [6, 6.07) is 10.7. The minimum atomic E-state index is -3.35. The zero-order valence-corrected chi connectivity index (χ0v) is 17.3. The summed E-state index contributed by atoms with van der Waals surface area (Å²) >= 11 is 4.96. The molecule has 8 heteroatoms. The lowest BCUT2D eigenvalue weighted by molar-refractivity contribution is -0.113. The van der Waals surface area contributed by atoms with Gasteiger partial charge in [0.05, 0.1) is 17.7 Å². The molecule has 0 aliphatic rings. The van der Waals surface area contributed by atoms with E-state index in [1.165, 1.54) is 11.8 Å². The largest absolute Gasteiger partial charge is 0.325 e. The highest BCUT2D eigenvalue weighted by Crippen LogP contribution is 2.28. The van der Waals surface area contributed by atoms with Crippen molar-refractivity contribution in [3.8, 4) is 0 Å². The lowest BCUT2D eigenvalue weighted by Gasteiger charge is -2.10. The summed E-state index contributed by atoms with van der Waals surface area (Å²) in [5.74, 6) is 0.118. The topological polar surface area (TPSA) is 75.3 Å². The standard InChI is InChI=1S/C17H19BrN2O3S2/c1-11-8-16(12(2)7-15(11)18)24-10-17(21)19-13-5-4-6-14(9-13)20-25(3,22)23/h4-9,20H,10H2,1-3H3,(H,19,21). The summed E-state index contributed by atoms with van der Waals surface area (Å²) in [7, 11) is -3.35. The van der Waals surface area contributed by atoms with Crippen molar-refractivity contribution in [2.24, 2.45) is 0 Å². The summed E-state index contributed by atoms with van der Waals surface area (Å²) in [4.78, 5) is 13.2. The molecule has 0 radical (unpaired) electrons. The number of hydrogen-bond acceptors (Lipinski definition) is 4. The fraction of sp³-hybridized carbons (Fsp3) is 0.235. The van der Waals surface area contributed by atoms with Crippen molar-refractivity contribution in [1.82, 2.24) is 0 Å². The van der Waals surface area contributed by atoms with E-state index in [1.807, 2.05) is 26.0 Å². The minimum Gasteiger partial charge on any atom is -0.325 e. The molecule has 0 unspecified atom stereocenters. The van der Waals surface area contributed by atoms with E-state index < -0.39 is 10.0 Å². The van der Waals surface area contributed by atoms with E-state index in [4.69, 9.17) is 0 Å². The molecule has 1 amide bonds. The molecular formula is C17H19BrN2O3S2. The molecule has 134 valence electrons. The summed E-state index contributed by atoms with van der Waals surface area (Å²) in [5, 5.41) is 2.78. The molecule has 0 saturated heterocycles. The lowest BCUT2D eigenvalue weighted by atomic mass is 10.2.